The predicted molar refractivity (Wildman–Crippen MR) is 114 cm³/mol. The maximum Gasteiger partial charge on any atom is 0.410 e. The Labute approximate surface area is 176 Å². The molecular weight excluding hydrogens is 384 g/mol. The highest BCUT2D eigenvalue weighted by Crippen LogP contribution is 2.31. The number of rotatable bonds is 5. The second-order valence-corrected chi connectivity index (χ2v) is 8.26. The highest BCUT2D eigenvalue weighted by molar-refractivity contribution is 5.97. The number of methoxy groups -OCH3 is 1. The molecule has 2 aromatic carbocycles. The van der Waals surface area contributed by atoms with Gasteiger partial charge in [0.05, 0.1) is 12.8 Å². The average Bonchev–Trinajstić information content (AvgIpc) is 2.68. The average molecular weight is 412 g/mol. The number of nitrogens with zero attached hydrogens (tertiary/aromatic N) is 1. The first-order valence-corrected chi connectivity index (χ1v) is 9.86. The molecule has 7 nitrogen and oxygen atoms in total. The molecule has 1 heterocycles. The Morgan fingerprint density at radius 2 is 1.73 bits per heavy atom. The summed E-state index contributed by atoms with van der Waals surface area (Å²) >= 11 is 0. The molecule has 0 saturated carbocycles. The fourth-order valence-corrected chi connectivity index (χ4v) is 3.04. The normalized spacial score (nSPS) is 15.5. The summed E-state index contributed by atoms with van der Waals surface area (Å²) in [6.45, 7) is 7.90. The zero-order valence-electron chi connectivity index (χ0n) is 18.0. The quantitative estimate of drug-likeness (QED) is 0.790. The Kier molecular flexibility index (Phi) is 6.20. The number of fused-ring (bicyclic) bond motifs is 1. The van der Waals surface area contributed by atoms with Gasteiger partial charge in [-0.15, -0.1) is 0 Å². The minimum absolute atomic E-state index is 0.193. The van der Waals surface area contributed by atoms with Gasteiger partial charge >= 0.3 is 6.09 Å². The molecule has 0 spiro atoms. The molecule has 7 heteroatoms. The molecule has 0 fully saturated rings. The summed E-state index contributed by atoms with van der Waals surface area (Å²) < 4.78 is 16.4. The van der Waals surface area contributed by atoms with Crippen molar-refractivity contribution in [2.24, 2.45) is 0 Å². The van der Waals surface area contributed by atoms with Crippen molar-refractivity contribution in [3.8, 4) is 11.5 Å². The minimum atomic E-state index is -0.608. The Morgan fingerprint density at radius 3 is 2.37 bits per heavy atom. The number of anilines is 1. The molecule has 0 aliphatic carbocycles. The zero-order valence-corrected chi connectivity index (χ0v) is 18.0. The fourth-order valence-electron chi connectivity index (χ4n) is 3.04. The summed E-state index contributed by atoms with van der Waals surface area (Å²) in [5.41, 5.74) is 1.80. The van der Waals surface area contributed by atoms with Gasteiger partial charge in [-0.3, -0.25) is 9.69 Å². The minimum Gasteiger partial charge on any atom is -0.497 e. The second kappa shape index (κ2) is 8.65. The number of hydrogen-bond donors (Lipinski definition) is 1. The maximum absolute atomic E-state index is 12.9. The van der Waals surface area contributed by atoms with Gasteiger partial charge in [0.15, 0.2) is 6.10 Å². The molecule has 0 radical (unpaired) electrons. The third-order valence-electron chi connectivity index (χ3n) is 4.53. The van der Waals surface area contributed by atoms with Gasteiger partial charge in [0, 0.05) is 13.1 Å². The van der Waals surface area contributed by atoms with Crippen LogP contribution in [0.2, 0.25) is 0 Å². The maximum atomic E-state index is 12.9. The lowest BCUT2D eigenvalue weighted by molar-refractivity contribution is -0.122. The lowest BCUT2D eigenvalue weighted by atomic mass is 10.1. The van der Waals surface area contributed by atoms with Crippen molar-refractivity contribution >= 4 is 17.7 Å². The van der Waals surface area contributed by atoms with Crippen LogP contribution >= 0.6 is 0 Å². The standard InChI is InChI=1S/C23H28N2O5/c1-15-21(26)24-19-12-17(8-11-20(19)29-15)14-25(22(27)30-23(2,3)4)13-16-6-9-18(28-5)10-7-16/h6-12,15H,13-14H2,1-5H3,(H,24,26). The Hall–Kier alpha value is -3.22. The van der Waals surface area contributed by atoms with E-state index in [9.17, 15) is 9.59 Å². The van der Waals surface area contributed by atoms with E-state index in [0.29, 0.717) is 24.5 Å². The molecule has 1 atom stereocenters. The largest absolute Gasteiger partial charge is 0.497 e. The molecule has 2 amide bonds. The van der Waals surface area contributed by atoms with E-state index in [1.807, 2.05) is 57.2 Å². The first-order chi connectivity index (χ1) is 14.1. The summed E-state index contributed by atoms with van der Waals surface area (Å²) in [4.78, 5) is 26.4. The molecule has 1 N–H and O–H groups in total. The third-order valence-corrected chi connectivity index (χ3v) is 4.53. The predicted octanol–water partition coefficient (Wildman–Crippen LogP) is 4.35. The van der Waals surface area contributed by atoms with Crippen LogP contribution in [0.4, 0.5) is 10.5 Å². The van der Waals surface area contributed by atoms with E-state index in [4.69, 9.17) is 14.2 Å². The lowest BCUT2D eigenvalue weighted by Gasteiger charge is -2.28. The third kappa shape index (κ3) is 5.43. The van der Waals surface area contributed by atoms with Gasteiger partial charge in [0.25, 0.3) is 5.91 Å². The number of nitrogens with one attached hydrogen (secondary N) is 1. The summed E-state index contributed by atoms with van der Waals surface area (Å²) in [6.07, 6.45) is -0.943. The fraction of sp³-hybridized carbons (Fsp3) is 0.391. The van der Waals surface area contributed by atoms with Crippen LogP contribution in [0.1, 0.15) is 38.8 Å². The van der Waals surface area contributed by atoms with Gasteiger partial charge in [0.2, 0.25) is 0 Å². The van der Waals surface area contributed by atoms with Crippen LogP contribution in [0.5, 0.6) is 11.5 Å². The van der Waals surface area contributed by atoms with Crippen LogP contribution in [0.25, 0.3) is 0 Å². The molecule has 1 aliphatic heterocycles. The van der Waals surface area contributed by atoms with E-state index in [0.717, 1.165) is 16.9 Å². The molecule has 3 rings (SSSR count). The van der Waals surface area contributed by atoms with Gasteiger partial charge in [-0.2, -0.15) is 0 Å². The Balaban J connectivity index is 1.82. The first-order valence-electron chi connectivity index (χ1n) is 9.86. The van der Waals surface area contributed by atoms with E-state index in [1.165, 1.54) is 0 Å². The lowest BCUT2D eigenvalue weighted by Crippen LogP contribution is -2.36. The zero-order chi connectivity index (χ0) is 21.9. The topological polar surface area (TPSA) is 77.1 Å². The van der Waals surface area contributed by atoms with E-state index in [1.54, 1.807) is 25.0 Å². The van der Waals surface area contributed by atoms with Crippen molar-refractivity contribution < 1.29 is 23.8 Å². The Morgan fingerprint density at radius 1 is 1.10 bits per heavy atom. The molecule has 2 aromatic rings. The Bertz CT molecular complexity index is 918. The summed E-state index contributed by atoms with van der Waals surface area (Å²) in [6, 6.07) is 13.1. The number of benzene rings is 2. The van der Waals surface area contributed by atoms with Gasteiger partial charge in [0.1, 0.15) is 17.1 Å². The SMILES string of the molecule is COc1ccc(CN(Cc2ccc3c(c2)NC(=O)C(C)O3)C(=O)OC(C)(C)C)cc1. The monoisotopic (exact) mass is 412 g/mol. The van der Waals surface area contributed by atoms with Crippen LogP contribution in [0, 0.1) is 0 Å². The molecular formula is C23H28N2O5. The second-order valence-electron chi connectivity index (χ2n) is 8.26. The number of carbonyl (C=O) groups is 2. The molecule has 160 valence electrons. The van der Waals surface area contributed by atoms with Crippen molar-refractivity contribution in [3.05, 3.63) is 53.6 Å². The van der Waals surface area contributed by atoms with Crippen LogP contribution in [-0.2, 0) is 22.6 Å². The van der Waals surface area contributed by atoms with Crippen LogP contribution < -0.4 is 14.8 Å². The number of hydrogen-bond acceptors (Lipinski definition) is 5. The summed E-state index contributed by atoms with van der Waals surface area (Å²) in [7, 11) is 1.61. The number of amides is 2. The van der Waals surface area contributed by atoms with Crippen molar-refractivity contribution in [2.45, 2.75) is 52.5 Å². The van der Waals surface area contributed by atoms with Crippen LogP contribution in [0.15, 0.2) is 42.5 Å². The summed E-state index contributed by atoms with van der Waals surface area (Å²) in [5, 5.41) is 2.84. The van der Waals surface area contributed by atoms with Gasteiger partial charge < -0.3 is 19.5 Å². The van der Waals surface area contributed by atoms with Crippen molar-refractivity contribution in [3.63, 3.8) is 0 Å². The van der Waals surface area contributed by atoms with Gasteiger partial charge in [-0.25, -0.2) is 4.79 Å². The van der Waals surface area contributed by atoms with E-state index < -0.39 is 17.8 Å². The number of carbonyl (C=O) groups excluding carboxylic acids is 2. The number of ether oxygens (including phenoxy) is 3. The van der Waals surface area contributed by atoms with Crippen molar-refractivity contribution in [1.82, 2.24) is 4.90 Å². The van der Waals surface area contributed by atoms with E-state index in [2.05, 4.69) is 5.32 Å². The van der Waals surface area contributed by atoms with Crippen LogP contribution in [0.3, 0.4) is 0 Å². The van der Waals surface area contributed by atoms with Crippen LogP contribution in [-0.4, -0.2) is 35.7 Å². The van der Waals surface area contributed by atoms with E-state index >= 15 is 0 Å². The van der Waals surface area contributed by atoms with Crippen molar-refractivity contribution in [1.29, 1.82) is 0 Å². The summed E-state index contributed by atoms with van der Waals surface area (Å²) in [5.74, 6) is 1.17. The first kappa shape index (κ1) is 21.5. The van der Waals surface area contributed by atoms with E-state index in [-0.39, 0.29) is 5.91 Å². The highest BCUT2D eigenvalue weighted by Gasteiger charge is 2.25. The van der Waals surface area contributed by atoms with Gasteiger partial charge in [-0.1, -0.05) is 18.2 Å². The smallest absolute Gasteiger partial charge is 0.410 e. The van der Waals surface area contributed by atoms with Gasteiger partial charge in [-0.05, 0) is 63.1 Å². The molecule has 1 unspecified atom stereocenters. The molecule has 30 heavy (non-hydrogen) atoms. The highest BCUT2D eigenvalue weighted by atomic mass is 16.6. The molecule has 0 bridgehead atoms. The molecule has 1 aliphatic rings. The molecule has 0 aromatic heterocycles. The van der Waals surface area contributed by atoms with Crippen molar-refractivity contribution in [2.75, 3.05) is 12.4 Å². The molecule has 0 saturated heterocycles.